The van der Waals surface area contributed by atoms with E-state index in [0.717, 1.165) is 0 Å². The van der Waals surface area contributed by atoms with Gasteiger partial charge in [0.1, 0.15) is 12.2 Å². The Morgan fingerprint density at radius 1 is 1.40 bits per heavy atom. The first-order chi connectivity index (χ1) is 9.49. The fraction of sp³-hybridized carbons (Fsp3) is 0.667. The van der Waals surface area contributed by atoms with E-state index < -0.39 is 0 Å². The number of nitrogens with zero attached hydrogens (tertiary/aromatic N) is 3. The lowest BCUT2D eigenvalue weighted by Crippen LogP contribution is -2.30. The standard InChI is InChI=1S/C12H20N4O3S/c1-5-13-11(18)8(3)20-12-15-14-9(16(12)4)7-10(17)19-6-2/h8H,5-7H2,1-4H3,(H,13,18)/t8-/m0/s1. The highest BCUT2D eigenvalue weighted by Gasteiger charge is 2.19. The van der Waals surface area contributed by atoms with Crippen molar-refractivity contribution in [1.29, 1.82) is 0 Å². The van der Waals surface area contributed by atoms with E-state index in [4.69, 9.17) is 4.74 Å². The quantitative estimate of drug-likeness (QED) is 0.584. The second-order valence-electron chi connectivity index (χ2n) is 4.09. The predicted molar refractivity (Wildman–Crippen MR) is 75.3 cm³/mol. The van der Waals surface area contributed by atoms with Crippen LogP contribution in [0.5, 0.6) is 0 Å². The highest BCUT2D eigenvalue weighted by Crippen LogP contribution is 2.21. The summed E-state index contributed by atoms with van der Waals surface area (Å²) in [6.45, 7) is 6.36. The van der Waals surface area contributed by atoms with Crippen molar-refractivity contribution >= 4 is 23.6 Å². The SMILES string of the molecule is CCNC(=O)[C@H](C)Sc1nnc(CC(=O)OCC)n1C. The van der Waals surface area contributed by atoms with E-state index in [1.165, 1.54) is 11.8 Å². The normalized spacial score (nSPS) is 12.0. The molecule has 0 bridgehead atoms. The molecular weight excluding hydrogens is 280 g/mol. The average Bonchev–Trinajstić information content (AvgIpc) is 2.72. The smallest absolute Gasteiger partial charge is 0.313 e. The average molecular weight is 300 g/mol. The molecule has 0 unspecified atom stereocenters. The number of carbonyl (C=O) groups excluding carboxylic acids is 2. The van der Waals surface area contributed by atoms with Gasteiger partial charge in [0.05, 0.1) is 11.9 Å². The molecule has 0 saturated carbocycles. The van der Waals surface area contributed by atoms with Crippen LogP contribution in [0.4, 0.5) is 0 Å². The molecule has 0 aromatic carbocycles. The minimum atomic E-state index is -0.337. The third-order valence-corrected chi connectivity index (χ3v) is 3.67. The van der Waals surface area contributed by atoms with Gasteiger partial charge < -0.3 is 14.6 Å². The topological polar surface area (TPSA) is 86.1 Å². The molecule has 20 heavy (non-hydrogen) atoms. The summed E-state index contributed by atoms with van der Waals surface area (Å²) in [6.07, 6.45) is 0.0768. The summed E-state index contributed by atoms with van der Waals surface area (Å²) in [5.41, 5.74) is 0. The van der Waals surface area contributed by atoms with Crippen molar-refractivity contribution in [2.45, 2.75) is 37.6 Å². The van der Waals surface area contributed by atoms with Gasteiger partial charge in [-0.05, 0) is 20.8 Å². The van der Waals surface area contributed by atoms with E-state index >= 15 is 0 Å². The molecule has 1 heterocycles. The Balaban J connectivity index is 2.67. The summed E-state index contributed by atoms with van der Waals surface area (Å²) in [6, 6.07) is 0. The van der Waals surface area contributed by atoms with Gasteiger partial charge in [0.25, 0.3) is 0 Å². The molecule has 0 spiro atoms. The molecule has 0 aliphatic heterocycles. The van der Waals surface area contributed by atoms with E-state index in [9.17, 15) is 9.59 Å². The molecule has 1 rings (SSSR count). The molecule has 0 fully saturated rings. The van der Waals surface area contributed by atoms with Gasteiger partial charge in [0, 0.05) is 13.6 Å². The number of hydrogen-bond donors (Lipinski definition) is 1. The van der Waals surface area contributed by atoms with Gasteiger partial charge in [0.2, 0.25) is 5.91 Å². The van der Waals surface area contributed by atoms with Gasteiger partial charge in [-0.2, -0.15) is 0 Å². The third-order valence-electron chi connectivity index (χ3n) is 2.54. The van der Waals surface area contributed by atoms with Gasteiger partial charge in [-0.1, -0.05) is 11.8 Å². The van der Waals surface area contributed by atoms with Gasteiger partial charge in [-0.3, -0.25) is 9.59 Å². The fourth-order valence-corrected chi connectivity index (χ4v) is 2.33. The molecule has 1 aromatic heterocycles. The second-order valence-corrected chi connectivity index (χ2v) is 5.40. The number of amides is 1. The number of carbonyl (C=O) groups is 2. The largest absolute Gasteiger partial charge is 0.466 e. The van der Waals surface area contributed by atoms with Crippen LogP contribution in [-0.4, -0.2) is 45.0 Å². The monoisotopic (exact) mass is 300 g/mol. The number of esters is 1. The third kappa shape index (κ3) is 4.52. The molecule has 0 aliphatic carbocycles. The zero-order valence-corrected chi connectivity index (χ0v) is 13.0. The number of aromatic nitrogens is 3. The zero-order chi connectivity index (χ0) is 15.1. The molecule has 0 aliphatic rings. The Bertz CT molecular complexity index is 475. The van der Waals surface area contributed by atoms with Crippen molar-refractivity contribution in [3.05, 3.63) is 5.82 Å². The summed E-state index contributed by atoms with van der Waals surface area (Å²) >= 11 is 1.30. The van der Waals surface area contributed by atoms with Gasteiger partial charge in [-0.15, -0.1) is 10.2 Å². The zero-order valence-electron chi connectivity index (χ0n) is 12.2. The molecule has 0 saturated heterocycles. The summed E-state index contributed by atoms with van der Waals surface area (Å²) < 4.78 is 6.58. The van der Waals surface area contributed by atoms with E-state index in [1.807, 2.05) is 6.92 Å². The van der Waals surface area contributed by atoms with E-state index in [1.54, 1.807) is 25.5 Å². The maximum absolute atomic E-state index is 11.7. The van der Waals surface area contributed by atoms with Crippen molar-refractivity contribution in [3.63, 3.8) is 0 Å². The molecule has 8 heteroatoms. The molecule has 1 N–H and O–H groups in total. The minimum Gasteiger partial charge on any atom is -0.466 e. The van der Waals surface area contributed by atoms with Crippen LogP contribution in [0.3, 0.4) is 0 Å². The molecular formula is C12H20N4O3S. The van der Waals surface area contributed by atoms with Gasteiger partial charge >= 0.3 is 5.97 Å². The lowest BCUT2D eigenvalue weighted by Gasteiger charge is -2.10. The summed E-state index contributed by atoms with van der Waals surface area (Å²) in [5, 5.41) is 11.0. The van der Waals surface area contributed by atoms with Crippen molar-refractivity contribution in [2.24, 2.45) is 7.05 Å². The molecule has 1 atom stereocenters. The van der Waals surface area contributed by atoms with E-state index in [0.29, 0.717) is 24.1 Å². The van der Waals surface area contributed by atoms with Crippen LogP contribution in [0.25, 0.3) is 0 Å². The summed E-state index contributed by atoms with van der Waals surface area (Å²) in [7, 11) is 1.77. The van der Waals surface area contributed by atoms with Crippen LogP contribution in [0.1, 0.15) is 26.6 Å². The Morgan fingerprint density at radius 3 is 2.70 bits per heavy atom. The molecule has 0 radical (unpaired) electrons. The highest BCUT2D eigenvalue weighted by atomic mass is 32.2. The number of thioether (sulfide) groups is 1. The molecule has 112 valence electrons. The predicted octanol–water partition coefficient (Wildman–Crippen LogP) is 0.537. The van der Waals surface area contributed by atoms with Crippen molar-refractivity contribution in [1.82, 2.24) is 20.1 Å². The van der Waals surface area contributed by atoms with Crippen LogP contribution in [-0.2, 0) is 27.8 Å². The van der Waals surface area contributed by atoms with Crippen LogP contribution < -0.4 is 5.32 Å². The van der Waals surface area contributed by atoms with Crippen molar-refractivity contribution < 1.29 is 14.3 Å². The van der Waals surface area contributed by atoms with E-state index in [2.05, 4.69) is 15.5 Å². The van der Waals surface area contributed by atoms with Crippen LogP contribution in [0.2, 0.25) is 0 Å². The summed E-state index contributed by atoms with van der Waals surface area (Å²) in [5.74, 6) is 0.137. The van der Waals surface area contributed by atoms with E-state index in [-0.39, 0.29) is 23.5 Å². The first-order valence-corrected chi connectivity index (χ1v) is 7.35. The van der Waals surface area contributed by atoms with Crippen LogP contribution in [0, 0.1) is 0 Å². The molecule has 7 nitrogen and oxygen atoms in total. The molecule has 1 aromatic rings. The maximum atomic E-state index is 11.7. The molecule has 1 amide bonds. The Kier molecular flexibility index (Phi) is 6.50. The van der Waals surface area contributed by atoms with Gasteiger partial charge in [0.15, 0.2) is 5.16 Å². The Morgan fingerprint density at radius 2 is 2.10 bits per heavy atom. The van der Waals surface area contributed by atoms with Crippen molar-refractivity contribution in [2.75, 3.05) is 13.2 Å². The summed E-state index contributed by atoms with van der Waals surface area (Å²) in [4.78, 5) is 23.1. The number of nitrogens with one attached hydrogen (secondary N) is 1. The first kappa shape index (κ1) is 16.5. The Labute approximate surface area is 122 Å². The minimum absolute atomic E-state index is 0.0487. The Hall–Kier alpha value is -1.57. The first-order valence-electron chi connectivity index (χ1n) is 6.47. The number of hydrogen-bond acceptors (Lipinski definition) is 6. The highest BCUT2D eigenvalue weighted by molar-refractivity contribution is 8.00. The van der Waals surface area contributed by atoms with Crippen LogP contribution in [0.15, 0.2) is 5.16 Å². The number of rotatable bonds is 7. The maximum Gasteiger partial charge on any atom is 0.313 e. The van der Waals surface area contributed by atoms with Gasteiger partial charge in [-0.25, -0.2) is 0 Å². The number of ether oxygens (including phenoxy) is 1. The lowest BCUT2D eigenvalue weighted by atomic mass is 10.4. The second kappa shape index (κ2) is 7.88. The van der Waals surface area contributed by atoms with Crippen LogP contribution >= 0.6 is 11.8 Å². The lowest BCUT2D eigenvalue weighted by molar-refractivity contribution is -0.142. The van der Waals surface area contributed by atoms with Crippen molar-refractivity contribution in [3.8, 4) is 0 Å². The fourth-order valence-electron chi connectivity index (χ4n) is 1.47.